The highest BCUT2D eigenvalue weighted by Crippen LogP contribution is 2.02. The molecule has 1 rings (SSSR count). The Morgan fingerprint density at radius 2 is 1.76 bits per heavy atom. The smallest absolute Gasteiger partial charge is 0.325 e. The summed E-state index contributed by atoms with van der Waals surface area (Å²) in [6, 6.07) is 6.15. The molecule has 6 nitrogen and oxygen atoms in total. The Hall–Kier alpha value is -1.92. The maximum atomic E-state index is 11.4. The van der Waals surface area contributed by atoms with Gasteiger partial charge in [-0.1, -0.05) is 30.3 Å². The fraction of sp³-hybridized carbons (Fsp3) is 0.273. The van der Waals surface area contributed by atoms with Crippen LogP contribution in [0.4, 0.5) is 0 Å². The Labute approximate surface area is 98.2 Å². The number of hydrogen-bond donors (Lipinski definition) is 3. The minimum atomic E-state index is -1.46. The van der Waals surface area contributed by atoms with E-state index < -0.39 is 24.0 Å². The van der Waals surface area contributed by atoms with Gasteiger partial charge in [-0.2, -0.15) is 0 Å². The number of rotatable bonds is 5. The lowest BCUT2D eigenvalue weighted by Crippen LogP contribution is -2.52. The molecule has 6 heteroatoms. The van der Waals surface area contributed by atoms with Gasteiger partial charge in [0.15, 0.2) is 0 Å². The number of carbonyl (C=O) groups excluding carboxylic acids is 1. The molecule has 0 saturated heterocycles. The highest BCUT2D eigenvalue weighted by Gasteiger charge is 2.28. The maximum absolute atomic E-state index is 11.4. The molecule has 5 N–H and O–H groups in total. The van der Waals surface area contributed by atoms with Crippen LogP contribution in [0.2, 0.25) is 0 Å². The third-order valence-corrected chi connectivity index (χ3v) is 2.17. The highest BCUT2D eigenvalue weighted by molar-refractivity contribution is 5.85. The Morgan fingerprint density at radius 3 is 2.29 bits per heavy atom. The monoisotopic (exact) mass is 238 g/mol. The van der Waals surface area contributed by atoms with Crippen molar-refractivity contribution in [2.24, 2.45) is 11.5 Å². The van der Waals surface area contributed by atoms with Gasteiger partial charge < -0.3 is 21.3 Å². The number of hydrogen-bond acceptors (Lipinski definition) is 5. The van der Waals surface area contributed by atoms with Gasteiger partial charge in [-0.25, -0.2) is 0 Å². The zero-order valence-electron chi connectivity index (χ0n) is 9.08. The fourth-order valence-corrected chi connectivity index (χ4v) is 1.13. The highest BCUT2D eigenvalue weighted by atomic mass is 16.5. The number of aliphatic carboxylic acids is 1. The molecule has 0 heterocycles. The van der Waals surface area contributed by atoms with E-state index in [9.17, 15) is 9.59 Å². The summed E-state index contributed by atoms with van der Waals surface area (Å²) in [5.74, 6) is -2.17. The Bertz CT molecular complexity index is 394. The number of carbonyl (C=O) groups is 2. The van der Waals surface area contributed by atoms with E-state index in [4.69, 9.17) is 21.3 Å². The second-order valence-electron chi connectivity index (χ2n) is 3.48. The molecular formula is C11H14N2O4. The standard InChI is InChI=1S/C11H14N2O4/c12-8(10(14)15)9(13)11(16)17-6-7-4-2-1-3-5-7/h1-5,8-9H,6,12-13H2,(H,14,15)/t8?,9-/m0/s1. The molecule has 0 fully saturated rings. The van der Waals surface area contributed by atoms with Gasteiger partial charge >= 0.3 is 11.9 Å². The third-order valence-electron chi connectivity index (χ3n) is 2.17. The lowest BCUT2D eigenvalue weighted by molar-refractivity contribution is -0.151. The van der Waals surface area contributed by atoms with Crippen LogP contribution in [0, 0.1) is 0 Å². The summed E-state index contributed by atoms with van der Waals surface area (Å²) in [7, 11) is 0. The van der Waals surface area contributed by atoms with Crippen LogP contribution in [0.15, 0.2) is 30.3 Å². The summed E-state index contributed by atoms with van der Waals surface area (Å²) in [4.78, 5) is 21.9. The molecule has 92 valence electrons. The predicted octanol–water partition coefficient (Wildman–Crippen LogP) is -0.531. The van der Waals surface area contributed by atoms with E-state index >= 15 is 0 Å². The summed E-state index contributed by atoms with van der Waals surface area (Å²) in [5, 5.41) is 8.57. The first kappa shape index (κ1) is 13.1. The van der Waals surface area contributed by atoms with Crippen LogP contribution in [-0.2, 0) is 20.9 Å². The third kappa shape index (κ3) is 3.86. The van der Waals surface area contributed by atoms with E-state index in [1.807, 2.05) is 6.07 Å². The molecule has 1 aromatic rings. The maximum Gasteiger partial charge on any atom is 0.325 e. The molecule has 0 spiro atoms. The lowest BCUT2D eigenvalue weighted by Gasteiger charge is -2.14. The summed E-state index contributed by atoms with van der Waals surface area (Å²) in [5.41, 5.74) is 11.3. The first-order valence-electron chi connectivity index (χ1n) is 4.97. The van der Waals surface area contributed by atoms with Crippen LogP contribution < -0.4 is 11.5 Å². The molecule has 1 unspecified atom stereocenters. The number of carboxylic acid groups (broad SMARTS) is 1. The van der Waals surface area contributed by atoms with Crippen molar-refractivity contribution >= 4 is 11.9 Å². The van der Waals surface area contributed by atoms with Crippen molar-refractivity contribution in [3.05, 3.63) is 35.9 Å². The van der Waals surface area contributed by atoms with Crippen molar-refractivity contribution < 1.29 is 19.4 Å². The van der Waals surface area contributed by atoms with Crippen LogP contribution in [0.1, 0.15) is 5.56 Å². The van der Waals surface area contributed by atoms with Crippen molar-refractivity contribution in [2.75, 3.05) is 0 Å². The summed E-state index contributed by atoms with van der Waals surface area (Å²) >= 11 is 0. The fourth-order valence-electron chi connectivity index (χ4n) is 1.13. The topological polar surface area (TPSA) is 116 Å². The molecule has 0 aliphatic rings. The molecule has 0 radical (unpaired) electrons. The predicted molar refractivity (Wildman–Crippen MR) is 59.8 cm³/mol. The van der Waals surface area contributed by atoms with Crippen LogP contribution in [0.25, 0.3) is 0 Å². The summed E-state index contributed by atoms with van der Waals surface area (Å²) in [6.07, 6.45) is 0. The summed E-state index contributed by atoms with van der Waals surface area (Å²) in [6.45, 7) is 0.0414. The first-order chi connectivity index (χ1) is 8.02. The van der Waals surface area contributed by atoms with E-state index in [-0.39, 0.29) is 6.61 Å². The largest absolute Gasteiger partial charge is 0.480 e. The van der Waals surface area contributed by atoms with E-state index in [1.54, 1.807) is 24.3 Å². The van der Waals surface area contributed by atoms with Gasteiger partial charge in [0.1, 0.15) is 18.7 Å². The van der Waals surface area contributed by atoms with Crippen LogP contribution in [-0.4, -0.2) is 29.1 Å². The Kier molecular flexibility index (Phi) is 4.62. The average Bonchev–Trinajstić information content (AvgIpc) is 2.35. The molecule has 17 heavy (non-hydrogen) atoms. The van der Waals surface area contributed by atoms with Crippen molar-refractivity contribution in [1.29, 1.82) is 0 Å². The van der Waals surface area contributed by atoms with Crippen LogP contribution >= 0.6 is 0 Å². The summed E-state index contributed by atoms with van der Waals surface area (Å²) < 4.78 is 4.85. The number of benzene rings is 1. The Morgan fingerprint density at radius 1 is 1.18 bits per heavy atom. The average molecular weight is 238 g/mol. The molecule has 0 saturated carbocycles. The molecule has 0 amide bonds. The van der Waals surface area contributed by atoms with Gasteiger partial charge in [-0.05, 0) is 5.56 Å². The normalized spacial score (nSPS) is 13.8. The van der Waals surface area contributed by atoms with Gasteiger partial charge in [-0.3, -0.25) is 9.59 Å². The van der Waals surface area contributed by atoms with E-state index in [0.717, 1.165) is 5.56 Å². The van der Waals surface area contributed by atoms with Crippen molar-refractivity contribution in [2.45, 2.75) is 18.7 Å². The molecule has 0 aliphatic carbocycles. The molecule has 2 atom stereocenters. The van der Waals surface area contributed by atoms with E-state index in [1.165, 1.54) is 0 Å². The lowest BCUT2D eigenvalue weighted by atomic mass is 10.1. The minimum absolute atomic E-state index is 0.0414. The number of carboxylic acids is 1. The first-order valence-corrected chi connectivity index (χ1v) is 4.97. The quantitative estimate of drug-likeness (QED) is 0.594. The van der Waals surface area contributed by atoms with Crippen molar-refractivity contribution in [3.8, 4) is 0 Å². The number of esters is 1. The number of ether oxygens (including phenoxy) is 1. The molecular weight excluding hydrogens is 224 g/mol. The zero-order valence-corrected chi connectivity index (χ0v) is 9.08. The molecule has 1 aromatic carbocycles. The van der Waals surface area contributed by atoms with Gasteiger partial charge in [0.2, 0.25) is 0 Å². The molecule has 0 bridgehead atoms. The molecule has 0 aliphatic heterocycles. The van der Waals surface area contributed by atoms with E-state index in [2.05, 4.69) is 0 Å². The van der Waals surface area contributed by atoms with Gasteiger partial charge in [-0.15, -0.1) is 0 Å². The zero-order chi connectivity index (χ0) is 12.8. The number of nitrogens with two attached hydrogens (primary N) is 2. The second kappa shape index (κ2) is 5.97. The van der Waals surface area contributed by atoms with Crippen LogP contribution in [0.5, 0.6) is 0 Å². The van der Waals surface area contributed by atoms with Crippen molar-refractivity contribution in [3.63, 3.8) is 0 Å². The van der Waals surface area contributed by atoms with Gasteiger partial charge in [0.05, 0.1) is 0 Å². The molecule has 0 aromatic heterocycles. The van der Waals surface area contributed by atoms with Crippen LogP contribution in [0.3, 0.4) is 0 Å². The van der Waals surface area contributed by atoms with Crippen molar-refractivity contribution in [1.82, 2.24) is 0 Å². The van der Waals surface area contributed by atoms with E-state index in [0.29, 0.717) is 0 Å². The Balaban J connectivity index is 2.47. The van der Waals surface area contributed by atoms with Gasteiger partial charge in [0, 0.05) is 0 Å². The second-order valence-corrected chi connectivity index (χ2v) is 3.48. The van der Waals surface area contributed by atoms with Gasteiger partial charge in [0.25, 0.3) is 0 Å². The minimum Gasteiger partial charge on any atom is -0.480 e. The SMILES string of the molecule is NC(C(=O)O)[C@H](N)C(=O)OCc1ccccc1.